The van der Waals surface area contributed by atoms with Crippen molar-refractivity contribution in [2.75, 3.05) is 51.7 Å². The van der Waals surface area contributed by atoms with Gasteiger partial charge in [-0.1, -0.05) is 11.6 Å². The smallest absolute Gasteiger partial charge is 0.313 e. The predicted molar refractivity (Wildman–Crippen MR) is 118 cm³/mol. The Labute approximate surface area is 186 Å². The summed E-state index contributed by atoms with van der Waals surface area (Å²) in [6.07, 6.45) is 0. The Morgan fingerprint density at radius 3 is 2.19 bits per heavy atom. The van der Waals surface area contributed by atoms with Crippen molar-refractivity contribution < 1.29 is 19.1 Å². The van der Waals surface area contributed by atoms with E-state index in [0.29, 0.717) is 61.3 Å². The third-order valence-corrected chi connectivity index (χ3v) is 5.27. The number of carbonyl (C=O) groups excluding carboxylic acids is 3. The highest BCUT2D eigenvalue weighted by Gasteiger charge is 2.22. The molecular formula is C22H25ClN4O4. The minimum absolute atomic E-state index is 0.00511. The first-order chi connectivity index (χ1) is 15.0. The summed E-state index contributed by atoms with van der Waals surface area (Å²) in [5.41, 5.74) is 1.13. The number of nitrogens with one attached hydrogen (secondary N) is 2. The molecule has 0 bridgehead atoms. The Hall–Kier alpha value is -3.10. The number of anilines is 1. The summed E-state index contributed by atoms with van der Waals surface area (Å²) in [6.45, 7) is 3.57. The maximum Gasteiger partial charge on any atom is 0.313 e. The van der Waals surface area contributed by atoms with Crippen LogP contribution in [0.2, 0.25) is 5.02 Å². The van der Waals surface area contributed by atoms with E-state index in [1.54, 1.807) is 55.6 Å². The van der Waals surface area contributed by atoms with E-state index in [4.69, 9.17) is 16.3 Å². The van der Waals surface area contributed by atoms with E-state index < -0.39 is 11.8 Å². The van der Waals surface area contributed by atoms with E-state index in [1.165, 1.54) is 0 Å². The molecule has 1 heterocycles. The molecule has 0 unspecified atom stereocenters. The summed E-state index contributed by atoms with van der Waals surface area (Å²) in [5, 5.41) is 5.69. The molecule has 8 nitrogen and oxygen atoms in total. The first-order valence-corrected chi connectivity index (χ1v) is 10.3. The topological polar surface area (TPSA) is 91.0 Å². The average molecular weight is 445 g/mol. The lowest BCUT2D eigenvalue weighted by Crippen LogP contribution is -2.50. The first-order valence-electron chi connectivity index (χ1n) is 9.96. The Bertz CT molecular complexity index is 910. The standard InChI is InChI=1S/C22H25ClN4O4/c1-31-19-8-2-16(3-9-19)22(30)27-14-12-26(13-15-27)11-10-24-20(28)21(29)25-18-6-4-17(23)5-7-18/h2-9H,10-15H2,1H3,(H,24,28)(H,25,29). The SMILES string of the molecule is COc1ccc(C(=O)N2CCN(CCNC(=O)C(=O)Nc3ccc(Cl)cc3)CC2)cc1. The van der Waals surface area contributed by atoms with Crippen molar-refractivity contribution in [2.45, 2.75) is 0 Å². The van der Waals surface area contributed by atoms with E-state index in [9.17, 15) is 14.4 Å². The lowest BCUT2D eigenvalue weighted by molar-refractivity contribution is -0.136. The van der Waals surface area contributed by atoms with Crippen LogP contribution in [0.25, 0.3) is 0 Å². The number of halogens is 1. The highest BCUT2D eigenvalue weighted by molar-refractivity contribution is 6.39. The molecule has 0 aromatic heterocycles. The van der Waals surface area contributed by atoms with Gasteiger partial charge in [-0.05, 0) is 48.5 Å². The summed E-state index contributed by atoms with van der Waals surface area (Å²) in [4.78, 5) is 40.5. The van der Waals surface area contributed by atoms with Crippen LogP contribution in [0.4, 0.5) is 5.69 Å². The second kappa shape index (κ2) is 10.8. The maximum atomic E-state index is 12.6. The van der Waals surface area contributed by atoms with Crippen LogP contribution in [0.15, 0.2) is 48.5 Å². The van der Waals surface area contributed by atoms with E-state index in [0.717, 1.165) is 0 Å². The lowest BCUT2D eigenvalue weighted by atomic mass is 10.1. The molecule has 31 heavy (non-hydrogen) atoms. The van der Waals surface area contributed by atoms with Gasteiger partial charge in [0.25, 0.3) is 5.91 Å². The van der Waals surface area contributed by atoms with Gasteiger partial charge in [0.05, 0.1) is 7.11 Å². The molecule has 2 aromatic carbocycles. The second-order valence-corrected chi connectivity index (χ2v) is 7.52. The van der Waals surface area contributed by atoms with Crippen LogP contribution in [-0.4, -0.2) is 73.9 Å². The van der Waals surface area contributed by atoms with E-state index in [-0.39, 0.29) is 5.91 Å². The highest BCUT2D eigenvalue weighted by atomic mass is 35.5. The van der Waals surface area contributed by atoms with Crippen molar-refractivity contribution in [1.29, 1.82) is 0 Å². The van der Waals surface area contributed by atoms with Crippen molar-refractivity contribution in [3.05, 3.63) is 59.1 Å². The first kappa shape index (κ1) is 22.6. The molecule has 0 saturated carbocycles. The Kier molecular flexibility index (Phi) is 7.86. The number of hydrogen-bond donors (Lipinski definition) is 2. The Morgan fingerprint density at radius 1 is 0.935 bits per heavy atom. The molecule has 1 saturated heterocycles. The van der Waals surface area contributed by atoms with Crippen LogP contribution >= 0.6 is 11.6 Å². The van der Waals surface area contributed by atoms with Gasteiger partial charge >= 0.3 is 11.8 Å². The van der Waals surface area contributed by atoms with Crippen LogP contribution in [-0.2, 0) is 9.59 Å². The molecule has 0 radical (unpaired) electrons. The number of nitrogens with zero attached hydrogens (tertiary/aromatic N) is 2. The molecule has 164 valence electrons. The molecule has 2 N–H and O–H groups in total. The van der Waals surface area contributed by atoms with Gasteiger partial charge < -0.3 is 20.3 Å². The number of amides is 3. The molecule has 1 aliphatic heterocycles. The number of hydrogen-bond acceptors (Lipinski definition) is 5. The van der Waals surface area contributed by atoms with Crippen LogP contribution in [0.5, 0.6) is 5.75 Å². The fourth-order valence-corrected chi connectivity index (χ4v) is 3.35. The van der Waals surface area contributed by atoms with Gasteiger partial charge in [-0.2, -0.15) is 0 Å². The molecule has 9 heteroatoms. The maximum absolute atomic E-state index is 12.6. The molecule has 0 atom stereocenters. The normalized spacial score (nSPS) is 14.1. The van der Waals surface area contributed by atoms with Gasteiger partial charge in [0.15, 0.2) is 0 Å². The van der Waals surface area contributed by atoms with Crippen molar-refractivity contribution in [1.82, 2.24) is 15.1 Å². The van der Waals surface area contributed by atoms with Gasteiger partial charge in [0.1, 0.15) is 5.75 Å². The summed E-state index contributed by atoms with van der Waals surface area (Å²) < 4.78 is 5.12. The molecule has 0 spiro atoms. The highest BCUT2D eigenvalue weighted by Crippen LogP contribution is 2.15. The zero-order valence-corrected chi connectivity index (χ0v) is 18.0. The molecule has 0 aliphatic carbocycles. The largest absolute Gasteiger partial charge is 0.497 e. The lowest BCUT2D eigenvalue weighted by Gasteiger charge is -2.34. The average Bonchev–Trinajstić information content (AvgIpc) is 2.80. The van der Waals surface area contributed by atoms with Crippen LogP contribution in [0.3, 0.4) is 0 Å². The third kappa shape index (κ3) is 6.44. The molecule has 1 aliphatic rings. The Balaban J connectivity index is 1.36. The second-order valence-electron chi connectivity index (χ2n) is 7.08. The third-order valence-electron chi connectivity index (χ3n) is 5.02. The van der Waals surface area contributed by atoms with E-state index in [1.807, 2.05) is 4.90 Å². The molecule has 1 fully saturated rings. The van der Waals surface area contributed by atoms with Gasteiger partial charge in [-0.15, -0.1) is 0 Å². The molecular weight excluding hydrogens is 420 g/mol. The molecule has 2 aromatic rings. The number of ether oxygens (including phenoxy) is 1. The zero-order chi connectivity index (χ0) is 22.2. The minimum atomic E-state index is -0.725. The van der Waals surface area contributed by atoms with Gasteiger partial charge in [0, 0.05) is 55.5 Å². The Morgan fingerprint density at radius 2 is 1.58 bits per heavy atom. The number of rotatable bonds is 6. The van der Waals surface area contributed by atoms with Crippen LogP contribution in [0.1, 0.15) is 10.4 Å². The molecule has 3 amide bonds. The predicted octanol–water partition coefficient (Wildman–Crippen LogP) is 1.86. The summed E-state index contributed by atoms with van der Waals surface area (Å²) >= 11 is 5.80. The van der Waals surface area contributed by atoms with Crippen molar-refractivity contribution in [2.24, 2.45) is 0 Å². The number of carbonyl (C=O) groups is 3. The minimum Gasteiger partial charge on any atom is -0.497 e. The number of benzene rings is 2. The van der Waals surface area contributed by atoms with Crippen molar-refractivity contribution >= 4 is 35.0 Å². The summed E-state index contributed by atoms with van der Waals surface area (Å²) in [6, 6.07) is 13.6. The monoisotopic (exact) mass is 444 g/mol. The van der Waals surface area contributed by atoms with E-state index in [2.05, 4.69) is 15.5 Å². The van der Waals surface area contributed by atoms with Gasteiger partial charge in [-0.3, -0.25) is 19.3 Å². The van der Waals surface area contributed by atoms with Crippen molar-refractivity contribution in [3.8, 4) is 5.75 Å². The fourth-order valence-electron chi connectivity index (χ4n) is 3.22. The summed E-state index contributed by atoms with van der Waals surface area (Å²) in [7, 11) is 1.59. The van der Waals surface area contributed by atoms with Crippen LogP contribution in [0, 0.1) is 0 Å². The van der Waals surface area contributed by atoms with E-state index >= 15 is 0 Å². The van der Waals surface area contributed by atoms with Gasteiger partial charge in [0.2, 0.25) is 0 Å². The quantitative estimate of drug-likeness (QED) is 0.664. The van der Waals surface area contributed by atoms with Crippen LogP contribution < -0.4 is 15.4 Å². The summed E-state index contributed by atoms with van der Waals surface area (Å²) in [5.74, 6) is -0.708. The van der Waals surface area contributed by atoms with Gasteiger partial charge in [-0.25, -0.2) is 0 Å². The number of piperazine rings is 1. The number of methoxy groups -OCH3 is 1. The zero-order valence-electron chi connectivity index (χ0n) is 17.3. The molecule has 3 rings (SSSR count). The fraction of sp³-hybridized carbons (Fsp3) is 0.318. The van der Waals surface area contributed by atoms with Crippen molar-refractivity contribution in [3.63, 3.8) is 0 Å².